The molecule has 4 N–H and O–H groups in total. The van der Waals surface area contributed by atoms with Gasteiger partial charge in [0.1, 0.15) is 17.0 Å². The van der Waals surface area contributed by atoms with E-state index in [1.807, 2.05) is 0 Å². The molecule has 1 saturated carbocycles. The van der Waals surface area contributed by atoms with Crippen molar-refractivity contribution in [2.75, 3.05) is 30.5 Å². The molecule has 5 unspecified atom stereocenters. The number of hydrogen-bond acceptors (Lipinski definition) is 8. The van der Waals surface area contributed by atoms with Gasteiger partial charge in [-0.05, 0) is 68.3 Å². The molecule has 0 saturated heterocycles. The molecule has 14 heteroatoms. The van der Waals surface area contributed by atoms with Crippen molar-refractivity contribution in [1.82, 2.24) is 10.2 Å². The largest absolute Gasteiger partial charge is 0.495 e. The Morgan fingerprint density at radius 1 is 1.13 bits per heavy atom. The molecule has 0 amide bonds. The Bertz CT molecular complexity index is 1570. The van der Waals surface area contributed by atoms with Crippen LogP contribution in [0.4, 0.5) is 24.5 Å². The van der Waals surface area contributed by atoms with E-state index in [4.69, 9.17) is 21.1 Å². The molecule has 1 aliphatic heterocycles. The normalized spacial score (nSPS) is 23.3. The number of benzene rings is 2. The molecule has 254 valence electrons. The second kappa shape index (κ2) is 14.3. The maximum Gasteiger partial charge on any atom is 0.423 e. The lowest BCUT2D eigenvalue weighted by Crippen LogP contribution is -2.45. The molecule has 4 rings (SSSR count). The van der Waals surface area contributed by atoms with Crippen molar-refractivity contribution in [3.05, 3.63) is 58.4 Å². The van der Waals surface area contributed by atoms with Crippen molar-refractivity contribution in [2.24, 2.45) is 10.9 Å². The number of halogens is 4. The topological polar surface area (TPSA) is 107 Å². The number of allylic oxidation sites excluding steroid dienone is 1. The Labute approximate surface area is 274 Å². The van der Waals surface area contributed by atoms with Crippen molar-refractivity contribution in [3.63, 3.8) is 0 Å². The van der Waals surface area contributed by atoms with Crippen molar-refractivity contribution < 1.29 is 32.0 Å². The minimum absolute atomic E-state index is 0.0455. The van der Waals surface area contributed by atoms with E-state index in [0.29, 0.717) is 29.1 Å². The van der Waals surface area contributed by atoms with Crippen molar-refractivity contribution >= 4 is 44.8 Å². The fourth-order valence-corrected chi connectivity index (χ4v) is 6.53. The summed E-state index contributed by atoms with van der Waals surface area (Å²) in [5, 5.41) is 18.2. The van der Waals surface area contributed by atoms with Gasteiger partial charge in [-0.25, -0.2) is 9.20 Å². The molecule has 0 bridgehead atoms. The molecule has 5 atom stereocenters. The fourth-order valence-electron chi connectivity index (χ4n) is 5.73. The summed E-state index contributed by atoms with van der Waals surface area (Å²) < 4.78 is 68.9. The van der Waals surface area contributed by atoms with Gasteiger partial charge in [-0.1, -0.05) is 43.9 Å². The summed E-state index contributed by atoms with van der Waals surface area (Å²) in [6.07, 6.45) is 2.75. The number of aliphatic hydroxyl groups is 1. The minimum atomic E-state index is -4.80. The van der Waals surface area contributed by atoms with Crippen LogP contribution in [-0.4, -0.2) is 65.2 Å². The molecule has 2 aromatic rings. The Morgan fingerprint density at radius 2 is 1.87 bits per heavy atom. The maximum absolute atomic E-state index is 14.1. The molecule has 1 heterocycles. The van der Waals surface area contributed by atoms with E-state index >= 15 is 0 Å². The van der Waals surface area contributed by atoms with Crippen molar-refractivity contribution in [3.8, 4) is 11.5 Å². The summed E-state index contributed by atoms with van der Waals surface area (Å²) >= 11 is 6.09. The molecule has 2 aromatic carbocycles. The van der Waals surface area contributed by atoms with E-state index in [0.717, 1.165) is 32.1 Å². The van der Waals surface area contributed by atoms with Crippen LogP contribution in [0, 0.1) is 5.92 Å². The highest BCUT2D eigenvalue weighted by molar-refractivity contribution is 8.00. The van der Waals surface area contributed by atoms with Gasteiger partial charge in [0, 0.05) is 45.9 Å². The van der Waals surface area contributed by atoms with Gasteiger partial charge >= 0.3 is 6.18 Å². The Balaban J connectivity index is 1.57. The number of ether oxygens (including phenoxy) is 2. The van der Waals surface area contributed by atoms with E-state index < -0.39 is 39.4 Å². The zero-order valence-corrected chi connectivity index (χ0v) is 28.3. The van der Waals surface area contributed by atoms with Crippen LogP contribution in [0.5, 0.6) is 11.5 Å². The average Bonchev–Trinajstić information content (AvgIpc) is 3.19. The first kappa shape index (κ1) is 35.7. The number of hydrogen-bond donors (Lipinski definition) is 4. The molecule has 46 heavy (non-hydrogen) atoms. The molecule has 0 radical (unpaired) electrons. The van der Waals surface area contributed by atoms with Crippen LogP contribution in [0.2, 0.25) is 5.02 Å². The smallest absolute Gasteiger partial charge is 0.423 e. The SMILES string of the molecule is C=S(C)(=O)Nc1cc(Cl)ccc1OC1=C(C(F)(F)F)C=NC(Nc2ccc(C(C)(O)NC3CCCC(CC)CC3)cc2OC)N1C. The first-order valence-corrected chi connectivity index (χ1v) is 17.6. The third-order valence-corrected chi connectivity index (χ3v) is 9.13. The van der Waals surface area contributed by atoms with Gasteiger partial charge < -0.3 is 29.5 Å². The number of alkyl halides is 3. The molecular formula is C32H43ClF3N5O4S. The van der Waals surface area contributed by atoms with Crippen LogP contribution in [-0.2, 0) is 15.4 Å². The second-order valence-electron chi connectivity index (χ2n) is 12.1. The van der Waals surface area contributed by atoms with Crippen LogP contribution in [0.1, 0.15) is 57.9 Å². The summed E-state index contributed by atoms with van der Waals surface area (Å²) in [7, 11) is 0.0501. The number of aliphatic imine (C=N–C) groups is 1. The van der Waals surface area contributed by atoms with Gasteiger partial charge in [0.05, 0.1) is 18.5 Å². The predicted molar refractivity (Wildman–Crippen MR) is 180 cm³/mol. The first-order valence-electron chi connectivity index (χ1n) is 15.1. The summed E-state index contributed by atoms with van der Waals surface area (Å²) in [5.41, 5.74) is -1.34. The summed E-state index contributed by atoms with van der Waals surface area (Å²) in [6, 6.07) is 9.48. The monoisotopic (exact) mass is 685 g/mol. The molecule has 1 aliphatic carbocycles. The van der Waals surface area contributed by atoms with Crippen LogP contribution < -0.4 is 24.8 Å². The first-order chi connectivity index (χ1) is 21.5. The zero-order chi connectivity index (χ0) is 33.9. The fraction of sp³-hybridized carbons (Fsp3) is 0.500. The highest BCUT2D eigenvalue weighted by Crippen LogP contribution is 2.38. The Morgan fingerprint density at radius 3 is 2.52 bits per heavy atom. The van der Waals surface area contributed by atoms with Crippen molar-refractivity contribution in [2.45, 2.75) is 76.6 Å². The third-order valence-electron chi connectivity index (χ3n) is 8.24. The quantitative estimate of drug-likeness (QED) is 0.119. The number of anilines is 2. The lowest BCUT2D eigenvalue weighted by Gasteiger charge is -2.35. The summed E-state index contributed by atoms with van der Waals surface area (Å²) in [4.78, 5) is 5.30. The van der Waals surface area contributed by atoms with Gasteiger partial charge in [0.25, 0.3) is 0 Å². The highest BCUT2D eigenvalue weighted by Gasteiger charge is 2.41. The van der Waals surface area contributed by atoms with E-state index in [2.05, 4.69) is 33.1 Å². The lowest BCUT2D eigenvalue weighted by atomic mass is 9.97. The molecule has 0 spiro atoms. The van der Waals surface area contributed by atoms with Gasteiger partial charge in [0.15, 0.2) is 12.0 Å². The van der Waals surface area contributed by atoms with E-state index in [-0.39, 0.29) is 22.5 Å². The molecule has 9 nitrogen and oxygen atoms in total. The molecule has 1 fully saturated rings. The zero-order valence-electron chi connectivity index (χ0n) is 26.7. The van der Waals surface area contributed by atoms with Crippen LogP contribution in [0.25, 0.3) is 0 Å². The third kappa shape index (κ3) is 9.02. The Hall–Kier alpha value is -3.13. The number of nitrogens with zero attached hydrogens (tertiary/aromatic N) is 2. The summed E-state index contributed by atoms with van der Waals surface area (Å²) in [6.45, 7) is 3.92. The predicted octanol–water partition coefficient (Wildman–Crippen LogP) is 6.70. The number of rotatable bonds is 11. The van der Waals surface area contributed by atoms with Crippen LogP contribution in [0.15, 0.2) is 52.8 Å². The number of methoxy groups -OCH3 is 1. The standard InChI is InChI=1S/C32H43ClF3N5O4S/c1-7-20-9-8-10-23(14-11-20)39-31(2,42)21-12-15-25(28(17-21)44-4)38-30-37-19-24(32(34,35)36)29(41(30)3)45-27-16-13-22(33)18-26(27)40-46(5,6)43/h12-13,15-20,23,30,38-39,42H,5,7-11,14H2,1-4,6H3,(H,40,43). The Kier molecular flexibility index (Phi) is 11.1. The second-order valence-corrected chi connectivity index (χ2v) is 14.7. The van der Waals surface area contributed by atoms with Gasteiger partial charge in [-0.2, -0.15) is 13.2 Å². The summed E-state index contributed by atoms with van der Waals surface area (Å²) in [5.74, 6) is 4.02. The van der Waals surface area contributed by atoms with Gasteiger partial charge in [-0.15, -0.1) is 0 Å². The molecular weight excluding hydrogens is 643 g/mol. The van der Waals surface area contributed by atoms with E-state index in [9.17, 15) is 22.5 Å². The van der Waals surface area contributed by atoms with Crippen molar-refractivity contribution in [1.29, 1.82) is 0 Å². The van der Waals surface area contributed by atoms with Gasteiger partial charge in [0.2, 0.25) is 5.88 Å². The van der Waals surface area contributed by atoms with Crippen LogP contribution >= 0.6 is 11.6 Å². The molecule has 2 aliphatic rings. The van der Waals surface area contributed by atoms with Gasteiger partial charge in [-0.3, -0.25) is 5.32 Å². The highest BCUT2D eigenvalue weighted by atomic mass is 35.5. The minimum Gasteiger partial charge on any atom is -0.495 e. The maximum atomic E-state index is 14.1. The van der Waals surface area contributed by atoms with Crippen LogP contribution in [0.3, 0.4) is 0 Å². The van der Waals surface area contributed by atoms with E-state index in [1.54, 1.807) is 25.1 Å². The average molecular weight is 686 g/mol. The van der Waals surface area contributed by atoms with E-state index in [1.165, 1.54) is 49.9 Å². The number of nitrogens with one attached hydrogen (secondary N) is 3. The molecule has 0 aromatic heterocycles. The lowest BCUT2D eigenvalue weighted by molar-refractivity contribution is -0.0907.